The number of allylic oxidation sites excluding steroid dienone is 5. The highest BCUT2D eigenvalue weighted by atomic mass is 14.0. The van der Waals surface area contributed by atoms with Crippen molar-refractivity contribution in [3.8, 4) is 0 Å². The van der Waals surface area contributed by atoms with E-state index >= 15 is 0 Å². The Morgan fingerprint density at radius 2 is 0.792 bits per heavy atom. The first-order chi connectivity index (χ1) is 11.9. The standard InChI is InChI=1S/C24H44/c1-3-5-7-9-11-13-15-17-19-21-23-24-22-20-18-16-14-12-10-8-6-4-2/h3,13,15,22,24H,1,4-12,14,16-21,23H2,2H3/b15-13-,24-22-. The molecule has 140 valence electrons. The molecule has 0 amide bonds. The fraction of sp³-hybridized carbons (Fsp3) is 0.750. The predicted octanol–water partition coefficient (Wildman–Crippen LogP) is 8.94. The largest absolute Gasteiger partial charge is 0.103 e. The monoisotopic (exact) mass is 332 g/mol. The van der Waals surface area contributed by atoms with Gasteiger partial charge in [-0.05, 0) is 64.2 Å². The first-order valence-electron chi connectivity index (χ1n) is 10.8. The molecule has 0 saturated carbocycles. The van der Waals surface area contributed by atoms with E-state index in [4.69, 9.17) is 0 Å². The quantitative estimate of drug-likeness (QED) is 0.163. The second-order valence-corrected chi connectivity index (χ2v) is 7.06. The van der Waals surface area contributed by atoms with Crippen molar-refractivity contribution >= 4 is 0 Å². The summed E-state index contributed by atoms with van der Waals surface area (Å²) in [6.07, 6.45) is 34.5. The molecule has 0 aliphatic carbocycles. The third-order valence-electron chi connectivity index (χ3n) is 4.58. The van der Waals surface area contributed by atoms with Gasteiger partial charge in [-0.25, -0.2) is 0 Å². The highest BCUT2D eigenvalue weighted by Crippen LogP contribution is 2.10. The summed E-state index contributed by atoms with van der Waals surface area (Å²) in [6.45, 7) is 6.04. The minimum atomic E-state index is 1.17. The Kier molecular flexibility index (Phi) is 21.5. The molecule has 0 nitrogen and oxygen atoms in total. The van der Waals surface area contributed by atoms with Crippen molar-refractivity contribution in [3.05, 3.63) is 37.0 Å². The highest BCUT2D eigenvalue weighted by Gasteiger charge is 1.90. The molecule has 0 N–H and O–H groups in total. The molecule has 0 radical (unpaired) electrons. The molecule has 0 unspecified atom stereocenters. The Balaban J connectivity index is 3.13. The van der Waals surface area contributed by atoms with Crippen molar-refractivity contribution in [2.75, 3.05) is 0 Å². The number of rotatable bonds is 19. The summed E-state index contributed by atoms with van der Waals surface area (Å²) in [6, 6.07) is 0. The number of hydrogen-bond acceptors (Lipinski definition) is 0. The van der Waals surface area contributed by atoms with Crippen LogP contribution in [0.25, 0.3) is 0 Å². The van der Waals surface area contributed by atoms with E-state index in [1.807, 2.05) is 6.08 Å². The van der Waals surface area contributed by atoms with Crippen LogP contribution >= 0.6 is 0 Å². The summed E-state index contributed by atoms with van der Waals surface area (Å²) in [5.41, 5.74) is 0. The third-order valence-corrected chi connectivity index (χ3v) is 4.58. The zero-order valence-electron chi connectivity index (χ0n) is 16.6. The van der Waals surface area contributed by atoms with Crippen LogP contribution in [0.1, 0.15) is 116 Å². The minimum Gasteiger partial charge on any atom is -0.103 e. The third kappa shape index (κ3) is 21.2. The van der Waals surface area contributed by atoms with Gasteiger partial charge in [0.15, 0.2) is 0 Å². The van der Waals surface area contributed by atoms with Gasteiger partial charge in [-0.3, -0.25) is 0 Å². The van der Waals surface area contributed by atoms with Crippen LogP contribution in [0, 0.1) is 0 Å². The fourth-order valence-electron chi connectivity index (χ4n) is 2.94. The lowest BCUT2D eigenvalue weighted by atomic mass is 10.1. The summed E-state index contributed by atoms with van der Waals surface area (Å²) < 4.78 is 0. The van der Waals surface area contributed by atoms with Gasteiger partial charge in [0, 0.05) is 0 Å². The lowest BCUT2D eigenvalue weighted by Crippen LogP contribution is -1.80. The van der Waals surface area contributed by atoms with Crippen LogP contribution in [-0.2, 0) is 0 Å². The predicted molar refractivity (Wildman–Crippen MR) is 113 cm³/mol. The van der Waals surface area contributed by atoms with Crippen molar-refractivity contribution in [2.45, 2.75) is 116 Å². The molecule has 0 heteroatoms. The van der Waals surface area contributed by atoms with E-state index in [1.165, 1.54) is 109 Å². The maximum absolute atomic E-state index is 3.76. The maximum atomic E-state index is 3.76. The topological polar surface area (TPSA) is 0 Å². The van der Waals surface area contributed by atoms with Crippen LogP contribution in [0.4, 0.5) is 0 Å². The fourth-order valence-corrected chi connectivity index (χ4v) is 2.94. The average molecular weight is 333 g/mol. The Morgan fingerprint density at radius 3 is 1.21 bits per heavy atom. The molecule has 24 heavy (non-hydrogen) atoms. The Labute approximate surface area is 153 Å². The van der Waals surface area contributed by atoms with Gasteiger partial charge in [0.25, 0.3) is 0 Å². The second kappa shape index (κ2) is 22.2. The van der Waals surface area contributed by atoms with E-state index < -0.39 is 0 Å². The zero-order chi connectivity index (χ0) is 17.6. The molecule has 0 spiro atoms. The molecule has 0 aromatic heterocycles. The van der Waals surface area contributed by atoms with E-state index in [9.17, 15) is 0 Å². The first-order valence-corrected chi connectivity index (χ1v) is 10.8. The molecule has 0 aliphatic heterocycles. The molecule has 0 fully saturated rings. The van der Waals surface area contributed by atoms with E-state index in [0.29, 0.717) is 0 Å². The van der Waals surface area contributed by atoms with Crippen LogP contribution < -0.4 is 0 Å². The number of hydrogen-bond donors (Lipinski definition) is 0. The van der Waals surface area contributed by atoms with Gasteiger partial charge in [0.2, 0.25) is 0 Å². The lowest BCUT2D eigenvalue weighted by Gasteiger charge is -1.99. The minimum absolute atomic E-state index is 1.17. The zero-order valence-corrected chi connectivity index (χ0v) is 16.6. The normalized spacial score (nSPS) is 11.7. The van der Waals surface area contributed by atoms with Crippen LogP contribution in [0.3, 0.4) is 0 Å². The molecule has 0 atom stereocenters. The molecule has 0 saturated heterocycles. The van der Waals surface area contributed by atoms with Gasteiger partial charge in [0.05, 0.1) is 0 Å². The Bertz CT molecular complexity index is 284. The summed E-state index contributed by atoms with van der Waals surface area (Å²) >= 11 is 0. The number of unbranched alkanes of at least 4 members (excludes halogenated alkanes) is 14. The van der Waals surface area contributed by atoms with Crippen molar-refractivity contribution in [2.24, 2.45) is 0 Å². The smallest absolute Gasteiger partial charge is 0.0351 e. The van der Waals surface area contributed by atoms with Gasteiger partial charge >= 0.3 is 0 Å². The van der Waals surface area contributed by atoms with E-state index in [0.717, 1.165) is 0 Å². The average Bonchev–Trinajstić information content (AvgIpc) is 2.60. The molecular formula is C24H44. The van der Waals surface area contributed by atoms with Crippen LogP contribution in [0.5, 0.6) is 0 Å². The van der Waals surface area contributed by atoms with Crippen molar-refractivity contribution in [3.63, 3.8) is 0 Å². The van der Waals surface area contributed by atoms with E-state index in [-0.39, 0.29) is 0 Å². The van der Waals surface area contributed by atoms with Crippen LogP contribution in [0.2, 0.25) is 0 Å². The molecule has 0 bridgehead atoms. The van der Waals surface area contributed by atoms with E-state index in [1.54, 1.807) is 0 Å². The van der Waals surface area contributed by atoms with Gasteiger partial charge in [-0.2, -0.15) is 0 Å². The van der Waals surface area contributed by atoms with Crippen LogP contribution in [-0.4, -0.2) is 0 Å². The molecule has 0 aromatic rings. The molecular weight excluding hydrogens is 288 g/mol. The van der Waals surface area contributed by atoms with Crippen LogP contribution in [0.15, 0.2) is 37.0 Å². The summed E-state index contributed by atoms with van der Waals surface area (Å²) in [7, 11) is 0. The first kappa shape index (κ1) is 23.2. The van der Waals surface area contributed by atoms with Crippen molar-refractivity contribution < 1.29 is 0 Å². The van der Waals surface area contributed by atoms with Gasteiger partial charge < -0.3 is 0 Å². The molecule has 0 heterocycles. The lowest BCUT2D eigenvalue weighted by molar-refractivity contribution is 0.577. The summed E-state index contributed by atoms with van der Waals surface area (Å²) in [4.78, 5) is 0. The summed E-state index contributed by atoms with van der Waals surface area (Å²) in [5.74, 6) is 0. The second-order valence-electron chi connectivity index (χ2n) is 7.06. The maximum Gasteiger partial charge on any atom is -0.0351 e. The van der Waals surface area contributed by atoms with Crippen molar-refractivity contribution in [1.29, 1.82) is 0 Å². The van der Waals surface area contributed by atoms with Gasteiger partial charge in [-0.1, -0.05) is 82.2 Å². The van der Waals surface area contributed by atoms with Gasteiger partial charge in [0.1, 0.15) is 0 Å². The molecule has 0 aromatic carbocycles. The van der Waals surface area contributed by atoms with E-state index in [2.05, 4.69) is 37.8 Å². The SMILES string of the molecule is C=CCCCC/C=C\CCCC/C=C\CCCCCCCCCC. The van der Waals surface area contributed by atoms with Crippen molar-refractivity contribution in [1.82, 2.24) is 0 Å². The van der Waals surface area contributed by atoms with Gasteiger partial charge in [-0.15, -0.1) is 6.58 Å². The highest BCUT2D eigenvalue weighted by molar-refractivity contribution is 4.84. The Morgan fingerprint density at radius 1 is 0.458 bits per heavy atom. The Hall–Kier alpha value is -0.780. The molecule has 0 rings (SSSR count). The molecule has 0 aliphatic rings. The summed E-state index contributed by atoms with van der Waals surface area (Å²) in [5, 5.41) is 0.